The molecule has 2 aliphatic rings. The Labute approximate surface area is 74.2 Å². The zero-order valence-electron chi connectivity index (χ0n) is 6.14. The van der Waals surface area contributed by atoms with E-state index in [4.69, 9.17) is 5.26 Å². The fourth-order valence-corrected chi connectivity index (χ4v) is 1.87. The van der Waals surface area contributed by atoms with Crippen LogP contribution in [0.5, 0.6) is 0 Å². The van der Waals surface area contributed by atoms with Gasteiger partial charge in [0.25, 0.3) is 0 Å². The Kier molecular flexibility index (Phi) is 1.80. The molecule has 0 aliphatic carbocycles. The standard InChI is InChI=1S/C8H5N3S/c9-4-7-3-6-5-10-1-2-11-8(6)12-7/h1-3,5,7H. The van der Waals surface area contributed by atoms with Crippen LogP contribution in [0.3, 0.4) is 0 Å². The lowest BCUT2D eigenvalue weighted by atomic mass is 10.2. The quantitative estimate of drug-likeness (QED) is 0.560. The third-order valence-electron chi connectivity index (χ3n) is 1.50. The summed E-state index contributed by atoms with van der Waals surface area (Å²) in [6, 6.07) is 2.16. The van der Waals surface area contributed by atoms with Crippen molar-refractivity contribution in [3.05, 3.63) is 24.0 Å². The average molecular weight is 175 g/mol. The average Bonchev–Trinajstić information content (AvgIpc) is 2.37. The van der Waals surface area contributed by atoms with Crippen LogP contribution >= 0.6 is 11.8 Å². The number of hydrogen-bond acceptors (Lipinski definition) is 4. The van der Waals surface area contributed by atoms with E-state index in [2.05, 4.69) is 16.1 Å². The van der Waals surface area contributed by atoms with Gasteiger partial charge in [-0.3, -0.25) is 4.99 Å². The monoisotopic (exact) mass is 175 g/mol. The third-order valence-corrected chi connectivity index (χ3v) is 2.56. The minimum absolute atomic E-state index is 0.100. The van der Waals surface area contributed by atoms with E-state index in [9.17, 15) is 0 Å². The predicted octanol–water partition coefficient (Wildman–Crippen LogP) is 1.51. The van der Waals surface area contributed by atoms with E-state index in [1.165, 1.54) is 11.8 Å². The summed E-state index contributed by atoms with van der Waals surface area (Å²) in [5, 5.41) is 9.44. The van der Waals surface area contributed by atoms with Crippen molar-refractivity contribution >= 4 is 23.0 Å². The SMILES string of the molecule is N#CC1C=C2C=NC=CN=C2S1. The number of nitrogens with zero attached hydrogens (tertiary/aromatic N) is 3. The highest BCUT2D eigenvalue weighted by molar-refractivity contribution is 8.15. The summed E-state index contributed by atoms with van der Waals surface area (Å²) < 4.78 is 0. The molecule has 0 bridgehead atoms. The van der Waals surface area contributed by atoms with Crippen LogP contribution in [0.1, 0.15) is 0 Å². The van der Waals surface area contributed by atoms with Gasteiger partial charge in [0, 0.05) is 24.2 Å². The molecule has 0 fully saturated rings. The zero-order chi connectivity index (χ0) is 8.39. The van der Waals surface area contributed by atoms with E-state index in [1.54, 1.807) is 18.6 Å². The number of rotatable bonds is 0. The molecule has 2 rings (SSSR count). The van der Waals surface area contributed by atoms with Gasteiger partial charge in [0.15, 0.2) is 0 Å². The van der Waals surface area contributed by atoms with Gasteiger partial charge in [-0.05, 0) is 6.08 Å². The lowest BCUT2D eigenvalue weighted by molar-refractivity contribution is 1.38. The maximum absolute atomic E-state index is 8.65. The Balaban J connectivity index is 2.36. The number of fused-ring (bicyclic) bond motifs is 1. The largest absolute Gasteiger partial charge is 0.262 e. The van der Waals surface area contributed by atoms with E-state index < -0.39 is 0 Å². The van der Waals surface area contributed by atoms with Crippen LogP contribution in [0.4, 0.5) is 0 Å². The molecule has 0 spiro atoms. The highest BCUT2D eigenvalue weighted by atomic mass is 32.2. The molecule has 12 heavy (non-hydrogen) atoms. The molecule has 0 radical (unpaired) electrons. The van der Waals surface area contributed by atoms with Crippen molar-refractivity contribution in [2.24, 2.45) is 9.98 Å². The Morgan fingerprint density at radius 3 is 3.25 bits per heavy atom. The van der Waals surface area contributed by atoms with Gasteiger partial charge in [-0.15, -0.1) is 0 Å². The van der Waals surface area contributed by atoms with Gasteiger partial charge >= 0.3 is 0 Å². The molecular weight excluding hydrogens is 170 g/mol. The van der Waals surface area contributed by atoms with E-state index in [-0.39, 0.29) is 5.25 Å². The first kappa shape index (κ1) is 7.32. The maximum atomic E-state index is 8.65. The van der Waals surface area contributed by atoms with Gasteiger partial charge < -0.3 is 0 Å². The van der Waals surface area contributed by atoms with Crippen molar-refractivity contribution < 1.29 is 0 Å². The molecular formula is C8H5N3S. The van der Waals surface area contributed by atoms with Crippen molar-refractivity contribution in [1.29, 1.82) is 5.26 Å². The number of hydrogen-bond donors (Lipinski definition) is 0. The second-order valence-corrected chi connectivity index (χ2v) is 3.43. The Bertz CT molecular complexity index is 357. The second-order valence-electron chi connectivity index (χ2n) is 2.30. The summed E-state index contributed by atoms with van der Waals surface area (Å²) in [5.74, 6) is 0. The molecule has 0 N–H and O–H groups in total. The molecule has 3 nitrogen and oxygen atoms in total. The van der Waals surface area contributed by atoms with Crippen molar-refractivity contribution in [3.63, 3.8) is 0 Å². The normalized spacial score (nSPS) is 25.4. The second kappa shape index (κ2) is 2.95. The Hall–Kier alpha value is -1.34. The van der Waals surface area contributed by atoms with Crippen molar-refractivity contribution in [1.82, 2.24) is 0 Å². The summed E-state index contributed by atoms with van der Waals surface area (Å²) >= 11 is 1.46. The molecule has 0 saturated heterocycles. The van der Waals surface area contributed by atoms with Crippen LogP contribution in [-0.4, -0.2) is 16.5 Å². The number of aliphatic imine (C=N–C) groups is 2. The van der Waals surface area contributed by atoms with Crippen LogP contribution in [0.15, 0.2) is 34.0 Å². The molecule has 0 aromatic rings. The molecule has 1 unspecified atom stereocenters. The number of nitriles is 1. The van der Waals surface area contributed by atoms with E-state index >= 15 is 0 Å². The molecule has 0 aromatic heterocycles. The Morgan fingerprint density at radius 2 is 2.42 bits per heavy atom. The molecule has 2 aliphatic heterocycles. The van der Waals surface area contributed by atoms with E-state index in [0.717, 1.165) is 10.6 Å². The molecule has 0 saturated carbocycles. The van der Waals surface area contributed by atoms with Gasteiger partial charge in [0.2, 0.25) is 0 Å². The molecule has 4 heteroatoms. The summed E-state index contributed by atoms with van der Waals surface area (Å²) in [7, 11) is 0. The first-order valence-electron chi connectivity index (χ1n) is 3.44. The summed E-state index contributed by atoms with van der Waals surface area (Å²) in [6.07, 6.45) is 6.88. The van der Waals surface area contributed by atoms with Crippen molar-refractivity contribution in [3.8, 4) is 6.07 Å². The lowest BCUT2D eigenvalue weighted by Crippen LogP contribution is -1.92. The topological polar surface area (TPSA) is 48.5 Å². The van der Waals surface area contributed by atoms with Gasteiger partial charge in [-0.1, -0.05) is 11.8 Å². The molecule has 2 heterocycles. The van der Waals surface area contributed by atoms with Crippen molar-refractivity contribution in [2.45, 2.75) is 5.25 Å². The van der Waals surface area contributed by atoms with Crippen molar-refractivity contribution in [2.75, 3.05) is 0 Å². The van der Waals surface area contributed by atoms with Gasteiger partial charge in [-0.2, -0.15) is 5.26 Å². The predicted molar refractivity (Wildman–Crippen MR) is 50.1 cm³/mol. The highest BCUT2D eigenvalue weighted by Crippen LogP contribution is 2.27. The minimum Gasteiger partial charge on any atom is -0.262 e. The summed E-state index contributed by atoms with van der Waals surface area (Å²) in [5.41, 5.74) is 0.955. The van der Waals surface area contributed by atoms with Crippen LogP contribution in [0.25, 0.3) is 0 Å². The third kappa shape index (κ3) is 1.19. The molecule has 0 amide bonds. The molecule has 0 aromatic carbocycles. The van der Waals surface area contributed by atoms with Crippen LogP contribution in [0, 0.1) is 11.3 Å². The molecule has 1 atom stereocenters. The van der Waals surface area contributed by atoms with E-state index in [0.29, 0.717) is 0 Å². The number of thioether (sulfide) groups is 1. The van der Waals surface area contributed by atoms with Crippen LogP contribution in [0.2, 0.25) is 0 Å². The first-order valence-corrected chi connectivity index (χ1v) is 4.32. The molecule has 58 valence electrons. The van der Waals surface area contributed by atoms with Gasteiger partial charge in [0.05, 0.1) is 6.07 Å². The maximum Gasteiger partial charge on any atom is 0.117 e. The smallest absolute Gasteiger partial charge is 0.117 e. The Morgan fingerprint density at radius 1 is 1.50 bits per heavy atom. The zero-order valence-corrected chi connectivity index (χ0v) is 6.95. The minimum atomic E-state index is -0.100. The summed E-state index contributed by atoms with van der Waals surface area (Å²) in [6.45, 7) is 0. The van der Waals surface area contributed by atoms with Crippen LogP contribution in [-0.2, 0) is 0 Å². The fraction of sp³-hybridized carbons (Fsp3) is 0.125. The first-order chi connectivity index (χ1) is 5.90. The van der Waals surface area contributed by atoms with Crippen LogP contribution < -0.4 is 0 Å². The summed E-state index contributed by atoms with van der Waals surface area (Å²) in [4.78, 5) is 8.11. The highest BCUT2D eigenvalue weighted by Gasteiger charge is 2.21. The van der Waals surface area contributed by atoms with E-state index in [1.807, 2.05) is 6.08 Å². The lowest BCUT2D eigenvalue weighted by Gasteiger charge is -1.92. The van der Waals surface area contributed by atoms with Gasteiger partial charge in [-0.25, -0.2) is 4.99 Å². The van der Waals surface area contributed by atoms with Gasteiger partial charge in [0.1, 0.15) is 10.3 Å². The fourth-order valence-electron chi connectivity index (χ4n) is 0.986.